The van der Waals surface area contributed by atoms with Crippen LogP contribution in [0.15, 0.2) is 12.7 Å². The molecule has 0 saturated carbocycles. The number of Topliss-reactive ketones (excluding diaryl/α,β-unsaturated/α-hetero) is 1. The van der Waals surface area contributed by atoms with Gasteiger partial charge in [0.2, 0.25) is 0 Å². The summed E-state index contributed by atoms with van der Waals surface area (Å²) in [4.78, 5) is 11.5. The third kappa shape index (κ3) is 4.61. The van der Waals surface area contributed by atoms with Crippen molar-refractivity contribution in [1.29, 1.82) is 5.41 Å². The van der Waals surface area contributed by atoms with Crippen LogP contribution in [0.25, 0.3) is 0 Å². The Morgan fingerprint density at radius 3 is 2.38 bits per heavy atom. The van der Waals surface area contributed by atoms with Crippen LogP contribution < -0.4 is 0 Å². The zero-order valence-electron chi connectivity index (χ0n) is 8.76. The first-order valence-corrected chi connectivity index (χ1v) is 4.69. The molecular weight excluding hydrogens is 162 g/mol. The number of rotatable bonds is 6. The highest BCUT2D eigenvalue weighted by atomic mass is 16.1. The lowest BCUT2D eigenvalue weighted by Gasteiger charge is -2.15. The molecule has 13 heavy (non-hydrogen) atoms. The van der Waals surface area contributed by atoms with Crippen LogP contribution in [0, 0.1) is 17.2 Å². The van der Waals surface area contributed by atoms with Crippen LogP contribution in [-0.2, 0) is 4.79 Å². The largest absolute Gasteiger partial charge is 0.302 e. The van der Waals surface area contributed by atoms with Crippen LogP contribution in [0.2, 0.25) is 0 Å². The molecule has 0 aliphatic carbocycles. The molecule has 0 aromatic carbocycles. The Bertz CT molecular complexity index is 206. The van der Waals surface area contributed by atoms with E-state index in [4.69, 9.17) is 5.41 Å². The molecule has 0 spiro atoms. The monoisotopic (exact) mass is 181 g/mol. The zero-order valence-corrected chi connectivity index (χ0v) is 8.76. The van der Waals surface area contributed by atoms with Gasteiger partial charge < -0.3 is 5.41 Å². The van der Waals surface area contributed by atoms with Gasteiger partial charge in [0.25, 0.3) is 0 Å². The minimum atomic E-state index is -0.0337. The van der Waals surface area contributed by atoms with Crippen LogP contribution in [0.1, 0.15) is 33.6 Å². The summed E-state index contributed by atoms with van der Waals surface area (Å²) in [6.07, 6.45) is 3.29. The van der Waals surface area contributed by atoms with Crippen LogP contribution in [0.3, 0.4) is 0 Å². The minimum Gasteiger partial charge on any atom is -0.302 e. The van der Waals surface area contributed by atoms with E-state index in [-0.39, 0.29) is 17.4 Å². The predicted molar refractivity (Wildman–Crippen MR) is 56.2 cm³/mol. The fourth-order valence-electron chi connectivity index (χ4n) is 1.39. The fourth-order valence-corrected chi connectivity index (χ4v) is 1.39. The summed E-state index contributed by atoms with van der Waals surface area (Å²) < 4.78 is 0. The molecule has 1 N–H and O–H groups in total. The molecule has 0 amide bonds. The van der Waals surface area contributed by atoms with Crippen molar-refractivity contribution in [2.24, 2.45) is 11.8 Å². The summed E-state index contributed by atoms with van der Waals surface area (Å²) in [5.41, 5.74) is 0.160. The van der Waals surface area contributed by atoms with Crippen LogP contribution in [0.4, 0.5) is 0 Å². The molecule has 0 unspecified atom stereocenters. The Hall–Kier alpha value is -0.920. The van der Waals surface area contributed by atoms with E-state index in [9.17, 15) is 4.79 Å². The van der Waals surface area contributed by atoms with Crippen LogP contribution in [-0.4, -0.2) is 11.5 Å². The van der Waals surface area contributed by atoms with Gasteiger partial charge in [0.1, 0.15) is 0 Å². The van der Waals surface area contributed by atoms with Crippen LogP contribution >= 0.6 is 0 Å². The average molecular weight is 181 g/mol. The second-order valence-corrected chi connectivity index (χ2v) is 3.84. The molecule has 1 atom stereocenters. The summed E-state index contributed by atoms with van der Waals surface area (Å²) >= 11 is 0. The lowest BCUT2D eigenvalue weighted by molar-refractivity contribution is -0.116. The van der Waals surface area contributed by atoms with Gasteiger partial charge in [-0.2, -0.15) is 0 Å². The minimum absolute atomic E-state index is 0.0324. The second-order valence-electron chi connectivity index (χ2n) is 3.84. The molecule has 2 heteroatoms. The number of carbonyl (C=O) groups excluding carboxylic acids is 1. The highest BCUT2D eigenvalue weighted by molar-refractivity contribution is 6.38. The Kier molecular flexibility index (Phi) is 5.28. The molecule has 0 heterocycles. The first-order chi connectivity index (χ1) is 5.99. The van der Waals surface area contributed by atoms with Gasteiger partial charge >= 0.3 is 0 Å². The summed E-state index contributed by atoms with van der Waals surface area (Å²) in [7, 11) is 0. The van der Waals surface area contributed by atoms with Gasteiger partial charge in [0, 0.05) is 5.92 Å². The van der Waals surface area contributed by atoms with Crippen molar-refractivity contribution >= 4 is 11.5 Å². The Morgan fingerprint density at radius 2 is 2.08 bits per heavy atom. The van der Waals surface area contributed by atoms with Crippen molar-refractivity contribution in [2.75, 3.05) is 0 Å². The van der Waals surface area contributed by atoms with E-state index in [1.165, 1.54) is 0 Å². The molecule has 0 aliphatic rings. The van der Waals surface area contributed by atoms with Crippen molar-refractivity contribution in [3.63, 3.8) is 0 Å². The Balaban J connectivity index is 4.31. The summed E-state index contributed by atoms with van der Waals surface area (Å²) in [6.45, 7) is 9.35. The number of hydrogen-bond donors (Lipinski definition) is 1. The smallest absolute Gasteiger partial charge is 0.179 e. The average Bonchev–Trinajstić information content (AvgIpc) is 2.01. The molecule has 74 valence electrons. The van der Waals surface area contributed by atoms with Gasteiger partial charge in [-0.15, -0.1) is 6.58 Å². The van der Waals surface area contributed by atoms with E-state index in [0.29, 0.717) is 12.3 Å². The maximum atomic E-state index is 11.5. The van der Waals surface area contributed by atoms with E-state index < -0.39 is 0 Å². The molecule has 0 fully saturated rings. The molecule has 0 bridgehead atoms. The normalized spacial score (nSPS) is 12.6. The van der Waals surface area contributed by atoms with Crippen molar-refractivity contribution in [2.45, 2.75) is 33.6 Å². The van der Waals surface area contributed by atoms with Crippen LogP contribution in [0.5, 0.6) is 0 Å². The van der Waals surface area contributed by atoms with Crippen molar-refractivity contribution in [3.8, 4) is 0 Å². The maximum absolute atomic E-state index is 11.5. The quantitative estimate of drug-likeness (QED) is 0.497. The second kappa shape index (κ2) is 5.68. The number of carbonyl (C=O) groups is 1. The summed E-state index contributed by atoms with van der Waals surface area (Å²) in [5.74, 6) is 0.428. The van der Waals surface area contributed by atoms with E-state index in [2.05, 4.69) is 20.4 Å². The first kappa shape index (κ1) is 12.1. The molecule has 0 radical (unpaired) electrons. The molecule has 2 nitrogen and oxygen atoms in total. The summed E-state index contributed by atoms with van der Waals surface area (Å²) in [6, 6.07) is 0. The topological polar surface area (TPSA) is 40.9 Å². The first-order valence-electron chi connectivity index (χ1n) is 4.69. The Labute approximate surface area is 80.5 Å². The van der Waals surface area contributed by atoms with Gasteiger partial charge in [0.15, 0.2) is 5.78 Å². The van der Waals surface area contributed by atoms with E-state index >= 15 is 0 Å². The fraction of sp³-hybridized carbons (Fsp3) is 0.636. The molecule has 0 aliphatic heterocycles. The SMILES string of the molecule is C=CC[C@@H](CC(C)C)C(=O)C(C)=N. The standard InChI is InChI=1S/C11H19NO/c1-5-6-10(7-8(2)3)11(13)9(4)12/h5,8,10,12H,1,6-7H2,2-4H3/t10-/m0/s1. The third-order valence-corrected chi connectivity index (χ3v) is 1.95. The Morgan fingerprint density at radius 1 is 1.54 bits per heavy atom. The third-order valence-electron chi connectivity index (χ3n) is 1.95. The van der Waals surface area contributed by atoms with E-state index in [1.807, 2.05) is 0 Å². The predicted octanol–water partition coefficient (Wildman–Crippen LogP) is 2.83. The molecule has 0 aromatic heterocycles. The lowest BCUT2D eigenvalue weighted by Crippen LogP contribution is -2.22. The highest BCUT2D eigenvalue weighted by Gasteiger charge is 2.19. The molecular formula is C11H19NO. The molecule has 0 aromatic rings. The number of hydrogen-bond acceptors (Lipinski definition) is 2. The maximum Gasteiger partial charge on any atom is 0.179 e. The van der Waals surface area contributed by atoms with Gasteiger partial charge in [0.05, 0.1) is 5.71 Å². The van der Waals surface area contributed by atoms with Gasteiger partial charge in [-0.25, -0.2) is 0 Å². The van der Waals surface area contributed by atoms with Crippen molar-refractivity contribution < 1.29 is 4.79 Å². The zero-order chi connectivity index (χ0) is 10.4. The highest BCUT2D eigenvalue weighted by Crippen LogP contribution is 2.17. The van der Waals surface area contributed by atoms with Gasteiger partial charge in [-0.3, -0.25) is 4.79 Å². The van der Waals surface area contributed by atoms with Gasteiger partial charge in [-0.1, -0.05) is 19.9 Å². The van der Waals surface area contributed by atoms with E-state index in [1.54, 1.807) is 13.0 Å². The number of allylic oxidation sites excluding steroid dienone is 1. The lowest BCUT2D eigenvalue weighted by atomic mass is 9.89. The molecule has 0 rings (SSSR count). The summed E-state index contributed by atoms with van der Waals surface area (Å²) in [5, 5.41) is 7.27. The number of nitrogens with one attached hydrogen (secondary N) is 1. The molecule has 0 saturated heterocycles. The van der Waals surface area contributed by atoms with Gasteiger partial charge in [-0.05, 0) is 25.7 Å². The number of ketones is 1. The van der Waals surface area contributed by atoms with Crippen molar-refractivity contribution in [1.82, 2.24) is 0 Å². The van der Waals surface area contributed by atoms with E-state index in [0.717, 1.165) is 6.42 Å². The van der Waals surface area contributed by atoms with Crippen molar-refractivity contribution in [3.05, 3.63) is 12.7 Å².